The Labute approximate surface area is 90.3 Å². The number of hydrogen-bond donors (Lipinski definition) is 1. The topological polar surface area (TPSA) is 38.5 Å². The van der Waals surface area contributed by atoms with E-state index in [-0.39, 0.29) is 5.54 Å². The van der Waals surface area contributed by atoms with E-state index >= 15 is 0 Å². The molecular formula is C10H20N2OS. The molecule has 3 nitrogen and oxygen atoms in total. The lowest BCUT2D eigenvalue weighted by Gasteiger charge is -2.39. The van der Waals surface area contributed by atoms with Gasteiger partial charge in [0, 0.05) is 25.2 Å². The van der Waals surface area contributed by atoms with E-state index in [2.05, 4.69) is 4.90 Å². The van der Waals surface area contributed by atoms with Crippen LogP contribution in [0, 0.1) is 0 Å². The van der Waals surface area contributed by atoms with Crippen molar-refractivity contribution >= 4 is 11.8 Å². The summed E-state index contributed by atoms with van der Waals surface area (Å²) < 4.78 is 5.34. The van der Waals surface area contributed by atoms with Crippen LogP contribution in [-0.4, -0.2) is 54.8 Å². The highest BCUT2D eigenvalue weighted by molar-refractivity contribution is 7.99. The third-order valence-corrected chi connectivity index (χ3v) is 4.12. The van der Waals surface area contributed by atoms with Gasteiger partial charge in [-0.3, -0.25) is 4.90 Å². The van der Waals surface area contributed by atoms with Crippen molar-refractivity contribution in [3.63, 3.8) is 0 Å². The first-order valence-electron chi connectivity index (χ1n) is 5.45. The van der Waals surface area contributed by atoms with Crippen molar-refractivity contribution in [2.75, 3.05) is 44.4 Å². The second-order valence-corrected chi connectivity index (χ2v) is 5.59. The summed E-state index contributed by atoms with van der Waals surface area (Å²) in [5, 5.41) is 0. The Morgan fingerprint density at radius 3 is 2.50 bits per heavy atom. The maximum atomic E-state index is 6.39. The fourth-order valence-electron chi connectivity index (χ4n) is 2.14. The smallest absolute Gasteiger partial charge is 0.0594 e. The Balaban J connectivity index is 1.81. The number of hydrogen-bond acceptors (Lipinski definition) is 4. The van der Waals surface area contributed by atoms with Crippen LogP contribution >= 0.6 is 11.8 Å². The largest absolute Gasteiger partial charge is 0.379 e. The number of nitrogens with two attached hydrogens (primary N) is 1. The molecule has 4 heteroatoms. The average molecular weight is 216 g/mol. The monoisotopic (exact) mass is 216 g/mol. The van der Waals surface area contributed by atoms with Gasteiger partial charge in [-0.15, -0.1) is 0 Å². The Kier molecular flexibility index (Phi) is 3.71. The predicted molar refractivity (Wildman–Crippen MR) is 60.7 cm³/mol. The zero-order valence-corrected chi connectivity index (χ0v) is 9.52. The highest BCUT2D eigenvalue weighted by Gasteiger charge is 2.30. The molecule has 14 heavy (non-hydrogen) atoms. The van der Waals surface area contributed by atoms with E-state index in [1.807, 2.05) is 11.8 Å². The Hall–Kier alpha value is 0.230. The molecule has 0 radical (unpaired) electrons. The van der Waals surface area contributed by atoms with Crippen LogP contribution in [0.3, 0.4) is 0 Å². The van der Waals surface area contributed by atoms with Crippen LogP contribution < -0.4 is 5.73 Å². The minimum atomic E-state index is 0.0859. The molecule has 0 bridgehead atoms. The predicted octanol–water partition coefficient (Wildman–Crippen LogP) is 0.543. The molecule has 2 heterocycles. The van der Waals surface area contributed by atoms with Crippen LogP contribution in [0.2, 0.25) is 0 Å². The zero-order chi connectivity index (χ0) is 9.86. The summed E-state index contributed by atoms with van der Waals surface area (Å²) in [5.41, 5.74) is 6.48. The van der Waals surface area contributed by atoms with E-state index in [4.69, 9.17) is 10.5 Å². The fraction of sp³-hybridized carbons (Fsp3) is 1.00. The zero-order valence-electron chi connectivity index (χ0n) is 8.71. The maximum Gasteiger partial charge on any atom is 0.0594 e. The average Bonchev–Trinajstić information content (AvgIpc) is 2.19. The number of morpholine rings is 1. The van der Waals surface area contributed by atoms with Gasteiger partial charge in [0.25, 0.3) is 0 Å². The Morgan fingerprint density at radius 2 is 1.86 bits per heavy atom. The van der Waals surface area contributed by atoms with Crippen molar-refractivity contribution in [1.29, 1.82) is 0 Å². The third kappa shape index (κ3) is 2.86. The molecule has 2 saturated heterocycles. The minimum Gasteiger partial charge on any atom is -0.379 e. The molecule has 0 amide bonds. The van der Waals surface area contributed by atoms with Crippen LogP contribution in [0.15, 0.2) is 0 Å². The van der Waals surface area contributed by atoms with Gasteiger partial charge in [0.1, 0.15) is 0 Å². The van der Waals surface area contributed by atoms with Crippen molar-refractivity contribution in [3.05, 3.63) is 0 Å². The van der Waals surface area contributed by atoms with E-state index < -0.39 is 0 Å². The molecule has 2 N–H and O–H groups in total. The van der Waals surface area contributed by atoms with Crippen LogP contribution in [0.4, 0.5) is 0 Å². The summed E-state index contributed by atoms with van der Waals surface area (Å²) in [5.74, 6) is 2.47. The molecule has 0 aliphatic carbocycles. The molecule has 0 spiro atoms. The SMILES string of the molecule is NC1(CN2CCOCC2)CCSCC1. The normalized spacial score (nSPS) is 28.9. The van der Waals surface area contributed by atoms with E-state index in [0.29, 0.717) is 0 Å². The number of ether oxygens (including phenoxy) is 1. The van der Waals surface area contributed by atoms with Gasteiger partial charge < -0.3 is 10.5 Å². The summed E-state index contributed by atoms with van der Waals surface area (Å²) in [6.45, 7) is 4.95. The van der Waals surface area contributed by atoms with Gasteiger partial charge in [0.2, 0.25) is 0 Å². The summed E-state index contributed by atoms with van der Waals surface area (Å²) in [4.78, 5) is 2.46. The van der Waals surface area contributed by atoms with Crippen molar-refractivity contribution in [1.82, 2.24) is 4.90 Å². The Bertz CT molecular complexity index is 177. The molecule has 2 aliphatic heterocycles. The van der Waals surface area contributed by atoms with E-state index in [1.54, 1.807) is 0 Å². The second kappa shape index (κ2) is 4.84. The molecule has 2 rings (SSSR count). The minimum absolute atomic E-state index is 0.0859. The molecule has 0 saturated carbocycles. The third-order valence-electron chi connectivity index (χ3n) is 3.13. The maximum absolute atomic E-state index is 6.39. The van der Waals surface area contributed by atoms with Crippen molar-refractivity contribution in [2.45, 2.75) is 18.4 Å². The second-order valence-electron chi connectivity index (χ2n) is 4.36. The van der Waals surface area contributed by atoms with Crippen LogP contribution in [0.25, 0.3) is 0 Å². The lowest BCUT2D eigenvalue weighted by Crippen LogP contribution is -2.54. The van der Waals surface area contributed by atoms with Gasteiger partial charge in [-0.05, 0) is 24.3 Å². The Morgan fingerprint density at radius 1 is 1.21 bits per heavy atom. The van der Waals surface area contributed by atoms with Crippen LogP contribution in [-0.2, 0) is 4.74 Å². The van der Waals surface area contributed by atoms with Crippen LogP contribution in [0.1, 0.15) is 12.8 Å². The molecule has 0 aromatic heterocycles. The van der Waals surface area contributed by atoms with E-state index in [1.165, 1.54) is 24.3 Å². The van der Waals surface area contributed by atoms with Crippen molar-refractivity contribution in [3.8, 4) is 0 Å². The first-order chi connectivity index (χ1) is 6.79. The molecule has 0 unspecified atom stereocenters. The first-order valence-corrected chi connectivity index (χ1v) is 6.61. The summed E-state index contributed by atoms with van der Waals surface area (Å²) in [6.07, 6.45) is 2.35. The molecular weight excluding hydrogens is 196 g/mol. The van der Waals surface area contributed by atoms with Gasteiger partial charge in [0.15, 0.2) is 0 Å². The standard InChI is InChI=1S/C10H20N2OS/c11-10(1-7-14-8-2-10)9-12-3-5-13-6-4-12/h1-9,11H2. The van der Waals surface area contributed by atoms with Gasteiger partial charge in [-0.2, -0.15) is 11.8 Å². The molecule has 2 fully saturated rings. The first kappa shape index (κ1) is 10.7. The van der Waals surface area contributed by atoms with Crippen molar-refractivity contribution in [2.24, 2.45) is 5.73 Å². The van der Waals surface area contributed by atoms with E-state index in [9.17, 15) is 0 Å². The van der Waals surface area contributed by atoms with Gasteiger partial charge in [-0.25, -0.2) is 0 Å². The quantitative estimate of drug-likeness (QED) is 0.731. The van der Waals surface area contributed by atoms with Crippen LogP contribution in [0.5, 0.6) is 0 Å². The summed E-state index contributed by atoms with van der Waals surface area (Å²) >= 11 is 2.04. The number of nitrogens with zero attached hydrogens (tertiary/aromatic N) is 1. The number of rotatable bonds is 2. The molecule has 82 valence electrons. The molecule has 0 aromatic carbocycles. The number of thioether (sulfide) groups is 1. The summed E-state index contributed by atoms with van der Waals surface area (Å²) in [6, 6.07) is 0. The lowest BCUT2D eigenvalue weighted by molar-refractivity contribution is 0.0266. The van der Waals surface area contributed by atoms with Gasteiger partial charge >= 0.3 is 0 Å². The molecule has 0 aromatic rings. The van der Waals surface area contributed by atoms with E-state index in [0.717, 1.165) is 32.8 Å². The lowest BCUT2D eigenvalue weighted by atomic mass is 9.93. The summed E-state index contributed by atoms with van der Waals surface area (Å²) in [7, 11) is 0. The molecule has 2 aliphatic rings. The molecule has 0 atom stereocenters. The van der Waals surface area contributed by atoms with Gasteiger partial charge in [0.05, 0.1) is 13.2 Å². The fourth-order valence-corrected chi connectivity index (χ4v) is 3.45. The highest BCUT2D eigenvalue weighted by atomic mass is 32.2. The highest BCUT2D eigenvalue weighted by Crippen LogP contribution is 2.25. The van der Waals surface area contributed by atoms with Crippen molar-refractivity contribution < 1.29 is 4.74 Å². The van der Waals surface area contributed by atoms with Gasteiger partial charge in [-0.1, -0.05) is 0 Å².